The molecule has 0 radical (unpaired) electrons. The molecule has 91 heavy (non-hydrogen) atoms. The van der Waals surface area contributed by atoms with Crippen LogP contribution in [0.1, 0.15) is 369 Å². The Kier molecular flexibility index (Phi) is 62.7. The summed E-state index contributed by atoms with van der Waals surface area (Å²) < 4.78 is 68.3. The van der Waals surface area contributed by atoms with Crippen LogP contribution in [0.3, 0.4) is 0 Å². The zero-order valence-corrected chi connectivity index (χ0v) is 60.9. The standard InChI is InChI=1S/C72H140O17P2/c1-7-9-11-13-15-17-19-21-22-23-24-25-26-27-29-31-37-44-50-56-71(76)88-67(60-82-69(74)54-48-42-36-30-28-20-18-16-14-12-10-8-2)62-86-90(78,79)84-58-66(73)59-85-91(80,81)87-63-68(89-72(77)57-51-45-39-33-35-41-47-53-65(5)6)61-83-70(75)55-49-43-38-32-34-40-46-52-64(3)4/h64-68,73H,7-63H2,1-6H3,(H,78,79)(H,80,81)/t66-,67-,68-/m1/s1. The summed E-state index contributed by atoms with van der Waals surface area (Å²) in [6.45, 7) is 9.44. The second-order valence-electron chi connectivity index (χ2n) is 26.9. The number of phosphoric acid groups is 2. The highest BCUT2D eigenvalue weighted by molar-refractivity contribution is 7.47. The van der Waals surface area contributed by atoms with Crippen molar-refractivity contribution in [1.82, 2.24) is 0 Å². The van der Waals surface area contributed by atoms with Crippen molar-refractivity contribution in [1.29, 1.82) is 0 Å². The molecule has 5 atom stereocenters. The van der Waals surface area contributed by atoms with Crippen molar-refractivity contribution in [2.45, 2.75) is 387 Å². The summed E-state index contributed by atoms with van der Waals surface area (Å²) in [4.78, 5) is 72.6. The Bertz CT molecular complexity index is 1770. The average Bonchev–Trinajstić information content (AvgIpc) is 3.45. The van der Waals surface area contributed by atoms with Crippen LogP contribution in [0, 0.1) is 11.8 Å². The molecule has 0 aromatic heterocycles. The van der Waals surface area contributed by atoms with Gasteiger partial charge in [-0.15, -0.1) is 0 Å². The first kappa shape index (κ1) is 89.1. The minimum Gasteiger partial charge on any atom is -0.462 e. The summed E-state index contributed by atoms with van der Waals surface area (Å²) in [6.07, 6.45) is 50.2. The maximum atomic E-state index is 13.0. The van der Waals surface area contributed by atoms with E-state index in [2.05, 4.69) is 41.5 Å². The van der Waals surface area contributed by atoms with Gasteiger partial charge in [0.2, 0.25) is 0 Å². The Morgan fingerprint density at radius 3 is 0.747 bits per heavy atom. The minimum absolute atomic E-state index is 0.103. The number of aliphatic hydroxyl groups is 1. The number of carbonyl (C=O) groups is 4. The lowest BCUT2D eigenvalue weighted by atomic mass is 10.0. The number of hydrogen-bond acceptors (Lipinski definition) is 15. The third kappa shape index (κ3) is 66.5. The Morgan fingerprint density at radius 2 is 0.505 bits per heavy atom. The molecular formula is C72H140O17P2. The summed E-state index contributed by atoms with van der Waals surface area (Å²) >= 11 is 0. The maximum absolute atomic E-state index is 13.0. The third-order valence-electron chi connectivity index (χ3n) is 16.7. The van der Waals surface area contributed by atoms with Crippen LogP contribution >= 0.6 is 15.6 Å². The van der Waals surface area contributed by atoms with Gasteiger partial charge in [-0.2, -0.15) is 0 Å². The lowest BCUT2D eigenvalue weighted by Gasteiger charge is -2.21. The molecule has 0 amide bonds. The summed E-state index contributed by atoms with van der Waals surface area (Å²) in [7, 11) is -9.90. The van der Waals surface area contributed by atoms with Crippen LogP contribution in [0.2, 0.25) is 0 Å². The van der Waals surface area contributed by atoms with Crippen LogP contribution in [0.5, 0.6) is 0 Å². The van der Waals surface area contributed by atoms with Gasteiger partial charge in [-0.05, 0) is 37.5 Å². The van der Waals surface area contributed by atoms with Crippen molar-refractivity contribution < 1.29 is 80.2 Å². The van der Waals surface area contributed by atoms with E-state index in [9.17, 15) is 43.2 Å². The van der Waals surface area contributed by atoms with Crippen molar-refractivity contribution >= 4 is 39.5 Å². The Balaban J connectivity index is 5.20. The fraction of sp³-hybridized carbons (Fsp3) is 0.944. The van der Waals surface area contributed by atoms with Crippen molar-refractivity contribution in [2.24, 2.45) is 11.8 Å². The number of phosphoric ester groups is 2. The first-order valence-corrected chi connectivity index (χ1v) is 40.5. The van der Waals surface area contributed by atoms with E-state index < -0.39 is 97.5 Å². The second-order valence-corrected chi connectivity index (χ2v) is 29.8. The monoisotopic (exact) mass is 1340 g/mol. The Morgan fingerprint density at radius 1 is 0.297 bits per heavy atom. The molecule has 0 saturated carbocycles. The summed E-state index contributed by atoms with van der Waals surface area (Å²) in [5.74, 6) is -0.724. The van der Waals surface area contributed by atoms with Gasteiger partial charge in [0.15, 0.2) is 12.2 Å². The minimum atomic E-state index is -4.95. The van der Waals surface area contributed by atoms with Crippen LogP contribution in [0.4, 0.5) is 0 Å². The number of hydrogen-bond donors (Lipinski definition) is 3. The van der Waals surface area contributed by atoms with E-state index >= 15 is 0 Å². The zero-order valence-electron chi connectivity index (χ0n) is 59.1. The summed E-state index contributed by atoms with van der Waals surface area (Å²) in [5.41, 5.74) is 0. The molecule has 0 rings (SSSR count). The van der Waals surface area contributed by atoms with Gasteiger partial charge >= 0.3 is 39.5 Å². The third-order valence-corrected chi connectivity index (χ3v) is 18.6. The van der Waals surface area contributed by atoms with Crippen LogP contribution in [-0.4, -0.2) is 96.7 Å². The van der Waals surface area contributed by atoms with E-state index in [4.69, 9.17) is 37.0 Å². The molecule has 0 aromatic carbocycles. The SMILES string of the molecule is CCCCCCCCCCCCCCCCCCCCCC(=O)O[C@H](COC(=O)CCCCCCCCCCCCCC)COP(=O)(O)OC[C@@H](O)COP(=O)(O)OC[C@@H](COC(=O)CCCCCCCCCC(C)C)OC(=O)CCCCCCCCCC(C)C. The topological polar surface area (TPSA) is 237 Å². The van der Waals surface area contributed by atoms with Crippen molar-refractivity contribution in [3.63, 3.8) is 0 Å². The molecule has 0 spiro atoms. The van der Waals surface area contributed by atoms with E-state index in [-0.39, 0.29) is 25.7 Å². The van der Waals surface area contributed by atoms with E-state index in [0.717, 1.165) is 96.3 Å². The second kappa shape index (κ2) is 64.1. The van der Waals surface area contributed by atoms with Gasteiger partial charge in [0, 0.05) is 25.7 Å². The van der Waals surface area contributed by atoms with Gasteiger partial charge in [0.05, 0.1) is 26.4 Å². The molecule has 0 saturated heterocycles. The van der Waals surface area contributed by atoms with Crippen LogP contribution in [-0.2, 0) is 65.4 Å². The summed E-state index contributed by atoms with van der Waals surface area (Å²) in [5, 5.41) is 10.6. The molecule has 19 heteroatoms. The number of rotatable bonds is 71. The number of carbonyl (C=O) groups excluding carboxylic acids is 4. The van der Waals surface area contributed by atoms with Gasteiger partial charge in [-0.25, -0.2) is 9.13 Å². The molecule has 0 heterocycles. The number of unbranched alkanes of at least 4 members (excludes halogenated alkanes) is 41. The highest BCUT2D eigenvalue weighted by atomic mass is 31.2. The predicted octanol–water partition coefficient (Wildman–Crippen LogP) is 20.8. The Hall–Kier alpha value is -1.94. The van der Waals surface area contributed by atoms with Crippen LogP contribution < -0.4 is 0 Å². The highest BCUT2D eigenvalue weighted by Crippen LogP contribution is 2.45. The number of aliphatic hydroxyl groups excluding tert-OH is 1. The van der Waals surface area contributed by atoms with Crippen LogP contribution in [0.15, 0.2) is 0 Å². The fourth-order valence-electron chi connectivity index (χ4n) is 10.9. The fourth-order valence-corrected chi connectivity index (χ4v) is 12.5. The van der Waals surface area contributed by atoms with Gasteiger partial charge in [-0.1, -0.05) is 318 Å². The first-order valence-electron chi connectivity index (χ1n) is 37.5. The first-order chi connectivity index (χ1) is 43.9. The van der Waals surface area contributed by atoms with E-state index in [1.807, 2.05) is 0 Å². The molecule has 3 N–H and O–H groups in total. The smallest absolute Gasteiger partial charge is 0.462 e. The number of ether oxygens (including phenoxy) is 4. The van der Waals surface area contributed by atoms with Gasteiger partial charge in [-0.3, -0.25) is 37.3 Å². The quantitative estimate of drug-likeness (QED) is 0.0222. The lowest BCUT2D eigenvalue weighted by molar-refractivity contribution is -0.161. The molecule has 0 bridgehead atoms. The highest BCUT2D eigenvalue weighted by Gasteiger charge is 2.30. The normalized spacial score (nSPS) is 14.1. The number of esters is 4. The van der Waals surface area contributed by atoms with E-state index in [1.165, 1.54) is 180 Å². The molecule has 540 valence electrons. The molecule has 0 aliphatic carbocycles. The predicted molar refractivity (Wildman–Crippen MR) is 368 cm³/mol. The summed E-state index contributed by atoms with van der Waals surface area (Å²) in [6, 6.07) is 0. The molecular weight excluding hydrogens is 1200 g/mol. The van der Waals surface area contributed by atoms with Crippen molar-refractivity contribution in [3.8, 4) is 0 Å². The lowest BCUT2D eigenvalue weighted by Crippen LogP contribution is -2.30. The molecule has 17 nitrogen and oxygen atoms in total. The molecule has 0 aliphatic heterocycles. The van der Waals surface area contributed by atoms with Crippen molar-refractivity contribution in [3.05, 3.63) is 0 Å². The molecule has 0 aliphatic rings. The Labute approximate surface area is 556 Å². The zero-order chi connectivity index (χ0) is 67.2. The largest absolute Gasteiger partial charge is 0.472 e. The average molecular weight is 1340 g/mol. The van der Waals surface area contributed by atoms with Gasteiger partial charge in [0.1, 0.15) is 19.3 Å². The van der Waals surface area contributed by atoms with E-state index in [1.54, 1.807) is 0 Å². The molecule has 2 unspecified atom stereocenters. The van der Waals surface area contributed by atoms with Crippen LogP contribution in [0.25, 0.3) is 0 Å². The molecule has 0 fully saturated rings. The van der Waals surface area contributed by atoms with Crippen molar-refractivity contribution in [2.75, 3.05) is 39.6 Å². The van der Waals surface area contributed by atoms with E-state index in [0.29, 0.717) is 37.5 Å². The molecule has 0 aromatic rings. The van der Waals surface area contributed by atoms with Gasteiger partial charge in [0.25, 0.3) is 0 Å². The maximum Gasteiger partial charge on any atom is 0.472 e. The van der Waals surface area contributed by atoms with Gasteiger partial charge < -0.3 is 33.8 Å².